The third kappa shape index (κ3) is 8.74. The van der Waals surface area contributed by atoms with Crippen LogP contribution in [0.2, 0.25) is 0 Å². The molecule has 1 aliphatic rings. The Bertz CT molecular complexity index is 1210. The standard InChI is InChI=1S/C30H36O9S/c1-7-22-9-11-23(12-10-22)15-24-14-17(2)8-13-25(24)39-30-29(38-21(6)34)28(37-20(5)33)27(36-19(4)32)26(40-30)16-35-18(3)31/h8-14,26-30H,7,15-16H2,1-6H3/t26-,27-,28+,29-,30-/m1/s1. The van der Waals surface area contributed by atoms with Crippen molar-refractivity contribution < 1.29 is 42.9 Å². The smallest absolute Gasteiger partial charge is 0.303 e. The minimum Gasteiger partial charge on any atom is -0.475 e. The minimum atomic E-state index is -1.20. The van der Waals surface area contributed by atoms with Crippen molar-refractivity contribution >= 4 is 35.6 Å². The molecular formula is C30H36O9S. The lowest BCUT2D eigenvalue weighted by Gasteiger charge is -2.43. The largest absolute Gasteiger partial charge is 0.475 e. The Kier molecular flexibility index (Phi) is 11.0. The third-order valence-electron chi connectivity index (χ3n) is 6.23. The first kappa shape index (κ1) is 31.0. The van der Waals surface area contributed by atoms with Gasteiger partial charge in [-0.1, -0.05) is 48.9 Å². The summed E-state index contributed by atoms with van der Waals surface area (Å²) in [5, 5.41) is -0.676. The monoisotopic (exact) mass is 572 g/mol. The van der Waals surface area contributed by atoms with Crippen LogP contribution >= 0.6 is 11.8 Å². The molecule has 40 heavy (non-hydrogen) atoms. The average molecular weight is 573 g/mol. The topological polar surface area (TPSA) is 114 Å². The van der Waals surface area contributed by atoms with Gasteiger partial charge in [0, 0.05) is 34.1 Å². The molecule has 0 saturated carbocycles. The molecule has 216 valence electrons. The molecule has 0 bridgehead atoms. The summed E-state index contributed by atoms with van der Waals surface area (Å²) < 4.78 is 28.4. The SMILES string of the molecule is CCc1ccc(Cc2cc(C)ccc2O[C@@H]2S[C@H](COC(C)=O)[C@@H](OC(C)=O)[C@H](OC(C)=O)[C@H]2OC(C)=O)cc1. The normalized spacial score (nSPS) is 22.1. The summed E-state index contributed by atoms with van der Waals surface area (Å²) >= 11 is 1.18. The first-order valence-corrected chi connectivity index (χ1v) is 14.1. The molecule has 1 heterocycles. The van der Waals surface area contributed by atoms with Crippen molar-refractivity contribution in [2.24, 2.45) is 0 Å². The Morgan fingerprint density at radius 3 is 1.90 bits per heavy atom. The molecule has 1 saturated heterocycles. The van der Waals surface area contributed by atoms with Crippen LogP contribution in [0.15, 0.2) is 42.5 Å². The van der Waals surface area contributed by atoms with Crippen LogP contribution < -0.4 is 4.74 Å². The summed E-state index contributed by atoms with van der Waals surface area (Å²) in [4.78, 5) is 47.9. The van der Waals surface area contributed by atoms with Gasteiger partial charge in [-0.3, -0.25) is 19.2 Å². The van der Waals surface area contributed by atoms with Crippen LogP contribution in [-0.2, 0) is 51.0 Å². The molecule has 9 nitrogen and oxygen atoms in total. The van der Waals surface area contributed by atoms with E-state index in [4.69, 9.17) is 23.7 Å². The van der Waals surface area contributed by atoms with Crippen molar-refractivity contribution in [2.45, 2.75) is 83.4 Å². The zero-order valence-electron chi connectivity index (χ0n) is 23.6. The molecule has 0 radical (unpaired) electrons. The summed E-state index contributed by atoms with van der Waals surface area (Å²) in [5.74, 6) is -1.90. The predicted octanol–water partition coefficient (Wildman–Crippen LogP) is 4.33. The molecule has 2 aromatic carbocycles. The minimum absolute atomic E-state index is 0.146. The highest BCUT2D eigenvalue weighted by Crippen LogP contribution is 2.40. The average Bonchev–Trinajstić information content (AvgIpc) is 2.87. The number of thioether (sulfide) groups is 1. The molecule has 3 rings (SSSR count). The fourth-order valence-electron chi connectivity index (χ4n) is 4.48. The molecule has 0 unspecified atom stereocenters. The van der Waals surface area contributed by atoms with Crippen molar-refractivity contribution in [3.63, 3.8) is 0 Å². The maximum Gasteiger partial charge on any atom is 0.303 e. The highest BCUT2D eigenvalue weighted by atomic mass is 32.2. The first-order chi connectivity index (χ1) is 19.0. The maximum atomic E-state index is 12.2. The number of aryl methyl sites for hydroxylation is 2. The van der Waals surface area contributed by atoms with Gasteiger partial charge in [0.2, 0.25) is 0 Å². The van der Waals surface area contributed by atoms with Gasteiger partial charge in [-0.25, -0.2) is 0 Å². The lowest BCUT2D eigenvalue weighted by atomic mass is 10.0. The van der Waals surface area contributed by atoms with E-state index in [9.17, 15) is 19.2 Å². The Balaban J connectivity index is 2.01. The number of carbonyl (C=O) groups is 4. The second-order valence-electron chi connectivity index (χ2n) is 9.64. The van der Waals surface area contributed by atoms with E-state index >= 15 is 0 Å². The van der Waals surface area contributed by atoms with Crippen LogP contribution in [0.5, 0.6) is 5.75 Å². The Hall–Kier alpha value is -3.53. The van der Waals surface area contributed by atoms with E-state index in [0.29, 0.717) is 12.2 Å². The van der Waals surface area contributed by atoms with Gasteiger partial charge in [0.05, 0.1) is 5.25 Å². The predicted molar refractivity (Wildman–Crippen MR) is 149 cm³/mol. The van der Waals surface area contributed by atoms with Crippen molar-refractivity contribution in [2.75, 3.05) is 6.61 Å². The summed E-state index contributed by atoms with van der Waals surface area (Å²) in [6.45, 7) is 8.86. The number of benzene rings is 2. The quantitative estimate of drug-likeness (QED) is 0.301. The molecule has 0 aromatic heterocycles. The Morgan fingerprint density at radius 1 is 0.750 bits per heavy atom. The lowest BCUT2D eigenvalue weighted by molar-refractivity contribution is -0.190. The van der Waals surface area contributed by atoms with Crippen LogP contribution in [0.25, 0.3) is 0 Å². The Labute approximate surface area is 238 Å². The van der Waals surface area contributed by atoms with Crippen LogP contribution in [0, 0.1) is 6.92 Å². The molecule has 10 heteroatoms. The third-order valence-corrected chi connectivity index (χ3v) is 7.62. The summed E-state index contributed by atoms with van der Waals surface area (Å²) in [6.07, 6.45) is -1.85. The molecule has 0 aliphatic carbocycles. The van der Waals surface area contributed by atoms with Crippen molar-refractivity contribution in [3.8, 4) is 5.75 Å². The van der Waals surface area contributed by atoms with E-state index in [0.717, 1.165) is 23.1 Å². The van der Waals surface area contributed by atoms with Gasteiger partial charge >= 0.3 is 23.9 Å². The van der Waals surface area contributed by atoms with Gasteiger partial charge in [-0.2, -0.15) is 0 Å². The summed E-state index contributed by atoms with van der Waals surface area (Å²) in [5.41, 5.74) is 3.41. The van der Waals surface area contributed by atoms with E-state index in [1.165, 1.54) is 45.0 Å². The van der Waals surface area contributed by atoms with Crippen molar-refractivity contribution in [3.05, 3.63) is 64.7 Å². The molecule has 1 aliphatic heterocycles. The van der Waals surface area contributed by atoms with Gasteiger partial charge in [-0.15, -0.1) is 11.8 Å². The molecule has 1 fully saturated rings. The van der Waals surface area contributed by atoms with E-state index in [-0.39, 0.29) is 6.61 Å². The van der Waals surface area contributed by atoms with Gasteiger partial charge in [-0.05, 0) is 36.1 Å². The number of hydrogen-bond donors (Lipinski definition) is 0. The van der Waals surface area contributed by atoms with Crippen molar-refractivity contribution in [1.29, 1.82) is 0 Å². The first-order valence-electron chi connectivity index (χ1n) is 13.1. The maximum absolute atomic E-state index is 12.2. The van der Waals surface area contributed by atoms with Crippen LogP contribution in [0.1, 0.15) is 56.9 Å². The fraction of sp³-hybridized carbons (Fsp3) is 0.467. The van der Waals surface area contributed by atoms with Crippen LogP contribution in [0.3, 0.4) is 0 Å². The number of rotatable bonds is 10. The molecule has 2 aromatic rings. The molecular weight excluding hydrogens is 536 g/mol. The summed E-state index contributed by atoms with van der Waals surface area (Å²) in [7, 11) is 0. The fourth-order valence-corrected chi connectivity index (χ4v) is 5.86. The van der Waals surface area contributed by atoms with Crippen LogP contribution in [-0.4, -0.2) is 59.5 Å². The second kappa shape index (κ2) is 14.2. The molecule has 5 atom stereocenters. The van der Waals surface area contributed by atoms with Gasteiger partial charge in [0.15, 0.2) is 23.7 Å². The lowest BCUT2D eigenvalue weighted by Crippen LogP contribution is -2.59. The second-order valence-corrected chi connectivity index (χ2v) is 11.0. The number of ether oxygens (including phenoxy) is 5. The highest BCUT2D eigenvalue weighted by molar-refractivity contribution is 8.00. The van der Waals surface area contributed by atoms with Gasteiger partial charge < -0.3 is 23.7 Å². The van der Waals surface area contributed by atoms with Crippen molar-refractivity contribution in [1.82, 2.24) is 0 Å². The van der Waals surface area contributed by atoms with Gasteiger partial charge in [0.1, 0.15) is 12.4 Å². The molecule has 0 N–H and O–H groups in total. The van der Waals surface area contributed by atoms with Gasteiger partial charge in [0.25, 0.3) is 0 Å². The van der Waals surface area contributed by atoms with E-state index in [1.54, 1.807) is 0 Å². The zero-order valence-corrected chi connectivity index (χ0v) is 24.4. The van der Waals surface area contributed by atoms with E-state index in [2.05, 4.69) is 31.2 Å². The highest BCUT2D eigenvalue weighted by Gasteiger charge is 2.53. The van der Waals surface area contributed by atoms with E-state index < -0.39 is 52.9 Å². The molecule has 0 spiro atoms. The van der Waals surface area contributed by atoms with E-state index in [1.807, 2.05) is 25.1 Å². The Morgan fingerprint density at radius 2 is 1.32 bits per heavy atom. The number of hydrogen-bond acceptors (Lipinski definition) is 10. The summed E-state index contributed by atoms with van der Waals surface area (Å²) in [6, 6.07) is 14.1. The number of carbonyl (C=O) groups excluding carboxylic acids is 4. The van der Waals surface area contributed by atoms with Crippen LogP contribution in [0.4, 0.5) is 0 Å². The number of esters is 4. The zero-order chi connectivity index (χ0) is 29.4. The molecule has 0 amide bonds.